The molecule has 0 spiro atoms. The summed E-state index contributed by atoms with van der Waals surface area (Å²) < 4.78 is 0. The fourth-order valence-electron chi connectivity index (χ4n) is 2.93. The van der Waals surface area contributed by atoms with Crippen LogP contribution in [0, 0.1) is 0 Å². The van der Waals surface area contributed by atoms with Gasteiger partial charge in [0, 0.05) is 38.9 Å². The van der Waals surface area contributed by atoms with Gasteiger partial charge in [-0.3, -0.25) is 9.59 Å². The lowest BCUT2D eigenvalue weighted by Gasteiger charge is -2.23. The van der Waals surface area contributed by atoms with Crippen molar-refractivity contribution in [2.75, 3.05) is 36.1 Å². The zero-order valence-electron chi connectivity index (χ0n) is 14.9. The molecule has 1 aliphatic rings. The number of hydrogen-bond acceptors (Lipinski definition) is 4. The summed E-state index contributed by atoms with van der Waals surface area (Å²) in [7, 11) is 2.01. The van der Waals surface area contributed by atoms with E-state index in [1.54, 1.807) is 4.90 Å². The molecule has 0 bridgehead atoms. The number of benzene rings is 2. The number of nitrogens with zero attached hydrogens (tertiary/aromatic N) is 2. The van der Waals surface area contributed by atoms with Gasteiger partial charge in [-0.2, -0.15) is 0 Å². The third-order valence-electron chi connectivity index (χ3n) is 4.31. The molecule has 0 radical (unpaired) electrons. The lowest BCUT2D eigenvalue weighted by Crippen LogP contribution is -2.28. The number of carbonyl (C=O) groups excluding carboxylic acids is 2. The zero-order chi connectivity index (χ0) is 18.4. The highest BCUT2D eigenvalue weighted by molar-refractivity contribution is 8.13. The van der Waals surface area contributed by atoms with Crippen LogP contribution >= 0.6 is 11.8 Å². The average Bonchev–Trinajstić information content (AvgIpc) is 3.06. The second-order valence-corrected chi connectivity index (χ2v) is 7.30. The van der Waals surface area contributed by atoms with Crippen molar-refractivity contribution in [1.82, 2.24) is 4.90 Å². The Hall–Kier alpha value is -2.47. The van der Waals surface area contributed by atoms with Crippen molar-refractivity contribution in [2.24, 2.45) is 0 Å². The second-order valence-electron chi connectivity index (χ2n) is 6.26. The lowest BCUT2D eigenvalue weighted by molar-refractivity contribution is -0.116. The van der Waals surface area contributed by atoms with Crippen molar-refractivity contribution < 1.29 is 9.59 Å². The monoisotopic (exact) mass is 369 g/mol. The van der Waals surface area contributed by atoms with Crippen LogP contribution in [0.2, 0.25) is 0 Å². The van der Waals surface area contributed by atoms with E-state index in [-0.39, 0.29) is 11.1 Å². The first-order valence-electron chi connectivity index (χ1n) is 8.69. The maximum Gasteiger partial charge on any atom is 0.281 e. The van der Waals surface area contributed by atoms with E-state index in [0.717, 1.165) is 30.2 Å². The van der Waals surface area contributed by atoms with E-state index in [1.165, 1.54) is 17.3 Å². The lowest BCUT2D eigenvalue weighted by atomic mass is 10.2. The van der Waals surface area contributed by atoms with Gasteiger partial charge < -0.3 is 15.1 Å². The molecule has 0 aliphatic carbocycles. The van der Waals surface area contributed by atoms with Gasteiger partial charge in [0.2, 0.25) is 5.91 Å². The van der Waals surface area contributed by atoms with E-state index < -0.39 is 0 Å². The van der Waals surface area contributed by atoms with E-state index in [9.17, 15) is 9.59 Å². The van der Waals surface area contributed by atoms with Crippen molar-refractivity contribution in [1.29, 1.82) is 0 Å². The maximum absolute atomic E-state index is 12.3. The van der Waals surface area contributed by atoms with Gasteiger partial charge in [0.1, 0.15) is 0 Å². The SMILES string of the molecule is CN(Cc1ccccc1)c1ccccc1NC(=O)CCN1CCSC1=O. The third kappa shape index (κ3) is 4.79. The van der Waals surface area contributed by atoms with Crippen LogP contribution in [0.1, 0.15) is 12.0 Å². The van der Waals surface area contributed by atoms with E-state index in [1.807, 2.05) is 49.5 Å². The molecule has 1 heterocycles. The molecule has 0 saturated carbocycles. The highest BCUT2D eigenvalue weighted by atomic mass is 32.2. The molecule has 0 unspecified atom stereocenters. The van der Waals surface area contributed by atoms with Crippen molar-refractivity contribution in [3.63, 3.8) is 0 Å². The Balaban J connectivity index is 1.61. The molecule has 0 aromatic heterocycles. The second kappa shape index (κ2) is 8.76. The quantitative estimate of drug-likeness (QED) is 0.806. The molecule has 1 saturated heterocycles. The molecular formula is C20H23N3O2S. The molecule has 5 nitrogen and oxygen atoms in total. The molecule has 3 rings (SSSR count). The average molecular weight is 369 g/mol. The van der Waals surface area contributed by atoms with Crippen LogP contribution in [-0.4, -0.2) is 41.9 Å². The van der Waals surface area contributed by atoms with Gasteiger partial charge in [-0.15, -0.1) is 0 Å². The van der Waals surface area contributed by atoms with Gasteiger partial charge in [0.05, 0.1) is 11.4 Å². The minimum Gasteiger partial charge on any atom is -0.369 e. The summed E-state index contributed by atoms with van der Waals surface area (Å²) in [5, 5.41) is 3.06. The van der Waals surface area contributed by atoms with Crippen molar-refractivity contribution >= 4 is 34.3 Å². The smallest absolute Gasteiger partial charge is 0.281 e. The molecule has 2 aromatic carbocycles. The number of nitrogens with one attached hydrogen (secondary N) is 1. The fourth-order valence-corrected chi connectivity index (χ4v) is 3.78. The number of anilines is 2. The number of amides is 2. The van der Waals surface area contributed by atoms with Gasteiger partial charge in [-0.25, -0.2) is 0 Å². The van der Waals surface area contributed by atoms with Crippen molar-refractivity contribution in [2.45, 2.75) is 13.0 Å². The van der Waals surface area contributed by atoms with Crippen LogP contribution in [0.4, 0.5) is 16.2 Å². The van der Waals surface area contributed by atoms with Crippen LogP contribution in [0.3, 0.4) is 0 Å². The van der Waals surface area contributed by atoms with Crippen LogP contribution in [0.5, 0.6) is 0 Å². The Morgan fingerprint density at radius 1 is 1.15 bits per heavy atom. The molecule has 136 valence electrons. The number of hydrogen-bond donors (Lipinski definition) is 1. The van der Waals surface area contributed by atoms with Gasteiger partial charge in [-0.05, 0) is 17.7 Å². The van der Waals surface area contributed by atoms with E-state index in [4.69, 9.17) is 0 Å². The summed E-state index contributed by atoms with van der Waals surface area (Å²) >= 11 is 1.32. The zero-order valence-corrected chi connectivity index (χ0v) is 15.7. The molecule has 2 amide bonds. The molecule has 26 heavy (non-hydrogen) atoms. The van der Waals surface area contributed by atoms with Gasteiger partial charge in [-0.1, -0.05) is 54.2 Å². The van der Waals surface area contributed by atoms with E-state index in [0.29, 0.717) is 13.0 Å². The van der Waals surface area contributed by atoms with Crippen molar-refractivity contribution in [3.05, 3.63) is 60.2 Å². The molecule has 1 fully saturated rings. The third-order valence-corrected chi connectivity index (χ3v) is 5.20. The number of thioether (sulfide) groups is 1. The van der Waals surface area contributed by atoms with Crippen LogP contribution < -0.4 is 10.2 Å². The Kier molecular flexibility index (Phi) is 6.17. The summed E-state index contributed by atoms with van der Waals surface area (Å²) in [6.45, 7) is 1.96. The summed E-state index contributed by atoms with van der Waals surface area (Å²) in [5.41, 5.74) is 2.97. The Morgan fingerprint density at radius 3 is 2.62 bits per heavy atom. The molecule has 1 aliphatic heterocycles. The largest absolute Gasteiger partial charge is 0.369 e. The van der Waals surface area contributed by atoms with Crippen molar-refractivity contribution in [3.8, 4) is 0 Å². The van der Waals surface area contributed by atoms with Crippen LogP contribution in [-0.2, 0) is 11.3 Å². The van der Waals surface area contributed by atoms with E-state index in [2.05, 4.69) is 22.3 Å². The highest BCUT2D eigenvalue weighted by Gasteiger charge is 2.21. The summed E-state index contributed by atoms with van der Waals surface area (Å²) in [6, 6.07) is 18.0. The molecule has 1 N–H and O–H groups in total. The predicted octanol–water partition coefficient (Wildman–Crippen LogP) is 3.82. The molecule has 0 atom stereocenters. The Bertz CT molecular complexity index is 767. The van der Waals surface area contributed by atoms with Crippen LogP contribution in [0.15, 0.2) is 54.6 Å². The number of para-hydroxylation sites is 2. The summed E-state index contributed by atoms with van der Waals surface area (Å²) in [4.78, 5) is 27.8. The Morgan fingerprint density at radius 2 is 1.88 bits per heavy atom. The summed E-state index contributed by atoms with van der Waals surface area (Å²) in [5.74, 6) is 0.739. The molecular weight excluding hydrogens is 346 g/mol. The topological polar surface area (TPSA) is 52.7 Å². The minimum atomic E-state index is -0.0738. The normalized spacial score (nSPS) is 13.7. The van der Waals surface area contributed by atoms with Gasteiger partial charge in [0.15, 0.2) is 0 Å². The van der Waals surface area contributed by atoms with Gasteiger partial charge in [0.25, 0.3) is 5.24 Å². The van der Waals surface area contributed by atoms with Crippen LogP contribution in [0.25, 0.3) is 0 Å². The first kappa shape index (κ1) is 18.3. The summed E-state index contributed by atoms with van der Waals surface area (Å²) in [6.07, 6.45) is 0.309. The minimum absolute atomic E-state index is 0.0702. The maximum atomic E-state index is 12.3. The van der Waals surface area contributed by atoms with E-state index >= 15 is 0 Å². The number of carbonyl (C=O) groups is 2. The first-order chi connectivity index (χ1) is 12.6. The predicted molar refractivity (Wildman–Crippen MR) is 108 cm³/mol. The standard InChI is InChI=1S/C20H23N3O2S/c1-22(15-16-7-3-2-4-8-16)18-10-6-5-9-17(18)21-19(24)11-12-23-13-14-26-20(23)25/h2-10H,11-15H2,1H3,(H,21,24). The fraction of sp³-hybridized carbons (Fsp3) is 0.300. The molecule has 2 aromatic rings. The van der Waals surface area contributed by atoms with Gasteiger partial charge >= 0.3 is 0 Å². The highest BCUT2D eigenvalue weighted by Crippen LogP contribution is 2.26. The number of rotatable bonds is 7. The first-order valence-corrected chi connectivity index (χ1v) is 9.67. The molecule has 6 heteroatoms. The Labute approximate surface area is 158 Å².